The van der Waals surface area contributed by atoms with Gasteiger partial charge in [-0.2, -0.15) is 0 Å². The highest BCUT2D eigenvalue weighted by Crippen LogP contribution is 2.35. The van der Waals surface area contributed by atoms with E-state index in [0.717, 1.165) is 0 Å². The molecule has 16 heteroatoms. The molecule has 12 nitrogen and oxygen atoms in total. The lowest BCUT2D eigenvalue weighted by Gasteiger charge is -2.14. The average molecular weight is 825 g/mol. The van der Waals surface area contributed by atoms with Crippen LogP contribution in [0.15, 0.2) is 84.9 Å². The van der Waals surface area contributed by atoms with Crippen molar-refractivity contribution in [2.24, 2.45) is 0 Å². The fourth-order valence-electron chi connectivity index (χ4n) is 4.34. The molecule has 0 bridgehead atoms. The number of carbonyl (C=O) groups is 4. The Kier molecular flexibility index (Phi) is 18.4. The number of nitrogens with one attached hydrogen (secondary N) is 2. The molecule has 4 N–H and O–H groups in total. The molecular weight excluding hydrogens is 786 g/mol. The summed E-state index contributed by atoms with van der Waals surface area (Å²) in [7, 11) is 0. The van der Waals surface area contributed by atoms with Crippen molar-refractivity contribution in [3.05, 3.63) is 116 Å². The van der Waals surface area contributed by atoms with Gasteiger partial charge in [-0.05, 0) is 61.4 Å². The smallest absolute Gasteiger partial charge is 0.344 e. The summed E-state index contributed by atoms with van der Waals surface area (Å²) in [5.41, 5.74) is 3.64. The van der Waals surface area contributed by atoms with E-state index in [4.69, 9.17) is 75.6 Å². The summed E-state index contributed by atoms with van der Waals surface area (Å²) in [6.07, 6.45) is -1.55. The average Bonchev–Trinajstić information content (AvgIpc) is 3.13. The van der Waals surface area contributed by atoms with E-state index >= 15 is 0 Å². The number of para-hydroxylation sites is 4. The zero-order valence-corrected chi connectivity index (χ0v) is 32.2. The van der Waals surface area contributed by atoms with Crippen molar-refractivity contribution >= 4 is 93.0 Å². The van der Waals surface area contributed by atoms with Crippen LogP contribution < -0.4 is 10.6 Å². The maximum atomic E-state index is 12.1. The van der Waals surface area contributed by atoms with Gasteiger partial charge in [0.05, 0.1) is 57.0 Å². The minimum atomic E-state index is -0.778. The van der Waals surface area contributed by atoms with Crippen molar-refractivity contribution in [1.82, 2.24) is 0 Å². The summed E-state index contributed by atoms with van der Waals surface area (Å²) in [6, 6.07) is 24.5. The first-order valence-electron chi connectivity index (χ1n) is 16.3. The molecule has 2 unspecified atom stereocenters. The summed E-state index contributed by atoms with van der Waals surface area (Å²) in [5.74, 6) is -2.63. The Labute approximate surface area is 332 Å². The molecular formula is C38H38Cl4N2O10. The van der Waals surface area contributed by atoms with Gasteiger partial charge in [-0.1, -0.05) is 94.9 Å². The van der Waals surface area contributed by atoms with Gasteiger partial charge in [-0.25, -0.2) is 9.59 Å². The second-order valence-corrected chi connectivity index (χ2v) is 13.1. The Bertz CT molecular complexity index is 1850. The Hall–Kier alpha value is -4.56. The molecule has 0 aliphatic rings. The zero-order valence-electron chi connectivity index (χ0n) is 29.2. The van der Waals surface area contributed by atoms with E-state index in [-0.39, 0.29) is 26.1 Å². The monoisotopic (exact) mass is 822 g/mol. The zero-order chi connectivity index (χ0) is 39.6. The molecule has 0 aromatic heterocycles. The van der Waals surface area contributed by atoms with Gasteiger partial charge in [0.2, 0.25) is 0 Å². The molecule has 4 aromatic rings. The summed E-state index contributed by atoms with van der Waals surface area (Å²) < 4.78 is 19.4. The summed E-state index contributed by atoms with van der Waals surface area (Å²) in [4.78, 5) is 47.0. The molecule has 0 aliphatic carbocycles. The minimum absolute atomic E-state index is 0.0606. The van der Waals surface area contributed by atoms with Gasteiger partial charge < -0.3 is 39.8 Å². The van der Waals surface area contributed by atoms with Crippen LogP contribution in [-0.2, 0) is 51.0 Å². The van der Waals surface area contributed by atoms with Crippen molar-refractivity contribution in [1.29, 1.82) is 0 Å². The molecule has 2 atom stereocenters. The number of rotatable bonds is 16. The van der Waals surface area contributed by atoms with E-state index in [2.05, 4.69) is 10.6 Å². The van der Waals surface area contributed by atoms with Crippen LogP contribution in [0.4, 0.5) is 22.7 Å². The standard InChI is InChI=1S/2C19H19Cl2NO5/c1-12(23)10-26-18(25)11-27-17(24)9-13-5-2-3-8-16(13)22-19-14(20)6-4-7-15(19)21;1-12(10-23)27-18(25)11-26-17(24)9-13-5-2-3-8-16(13)22-19-14(20)6-4-7-15(19)21/h2*2-8,12,22-23H,9-11H2,1H3. The van der Waals surface area contributed by atoms with Gasteiger partial charge in [-0.15, -0.1) is 0 Å². The maximum absolute atomic E-state index is 12.1. The second kappa shape index (κ2) is 22.6. The van der Waals surface area contributed by atoms with E-state index < -0.39 is 49.3 Å². The number of hydrogen-bond donors (Lipinski definition) is 4. The lowest BCUT2D eigenvalue weighted by Crippen LogP contribution is -2.23. The van der Waals surface area contributed by atoms with Gasteiger partial charge in [0.15, 0.2) is 13.2 Å². The number of carbonyl (C=O) groups excluding carboxylic acids is 4. The van der Waals surface area contributed by atoms with E-state index in [0.29, 0.717) is 54.0 Å². The van der Waals surface area contributed by atoms with E-state index in [1.165, 1.54) is 13.8 Å². The Balaban J connectivity index is 0.000000290. The van der Waals surface area contributed by atoms with E-state index in [9.17, 15) is 19.2 Å². The van der Waals surface area contributed by atoms with Gasteiger partial charge in [0.25, 0.3) is 0 Å². The number of aliphatic hydroxyl groups is 2. The van der Waals surface area contributed by atoms with Crippen LogP contribution in [0.5, 0.6) is 0 Å². The molecule has 0 aliphatic heterocycles. The predicted octanol–water partition coefficient (Wildman–Crippen LogP) is 7.49. The fourth-order valence-corrected chi connectivity index (χ4v) is 5.32. The van der Waals surface area contributed by atoms with Crippen molar-refractivity contribution in [3.8, 4) is 0 Å². The van der Waals surface area contributed by atoms with Crippen LogP contribution in [0, 0.1) is 0 Å². The molecule has 4 aromatic carbocycles. The molecule has 4 rings (SSSR count). The summed E-state index contributed by atoms with van der Waals surface area (Å²) >= 11 is 24.7. The molecule has 0 fully saturated rings. The minimum Gasteiger partial charge on any atom is -0.460 e. The lowest BCUT2D eigenvalue weighted by atomic mass is 10.1. The topological polar surface area (TPSA) is 170 Å². The molecule has 0 radical (unpaired) electrons. The molecule has 0 saturated heterocycles. The van der Waals surface area contributed by atoms with Crippen molar-refractivity contribution < 1.29 is 48.3 Å². The molecule has 54 heavy (non-hydrogen) atoms. The highest BCUT2D eigenvalue weighted by Gasteiger charge is 2.16. The van der Waals surface area contributed by atoms with Crippen LogP contribution in [0.3, 0.4) is 0 Å². The number of anilines is 4. The Morgan fingerprint density at radius 2 is 1.00 bits per heavy atom. The number of aliphatic hydroxyl groups excluding tert-OH is 2. The van der Waals surface area contributed by atoms with Crippen LogP contribution in [0.2, 0.25) is 20.1 Å². The van der Waals surface area contributed by atoms with E-state index in [1.54, 1.807) is 84.9 Å². The van der Waals surface area contributed by atoms with E-state index in [1.807, 2.05) is 0 Å². The number of benzene rings is 4. The molecule has 0 heterocycles. The van der Waals surface area contributed by atoms with Gasteiger partial charge in [0.1, 0.15) is 12.7 Å². The number of halogens is 4. The predicted molar refractivity (Wildman–Crippen MR) is 207 cm³/mol. The molecule has 288 valence electrons. The third kappa shape index (κ3) is 15.1. The van der Waals surface area contributed by atoms with Crippen LogP contribution in [0.1, 0.15) is 25.0 Å². The van der Waals surface area contributed by atoms with Crippen LogP contribution in [0.25, 0.3) is 0 Å². The third-order valence-electron chi connectivity index (χ3n) is 6.93. The first-order valence-corrected chi connectivity index (χ1v) is 17.8. The number of hydrogen-bond acceptors (Lipinski definition) is 12. The van der Waals surface area contributed by atoms with Crippen LogP contribution >= 0.6 is 46.4 Å². The maximum Gasteiger partial charge on any atom is 0.344 e. The molecule has 0 spiro atoms. The number of esters is 4. The summed E-state index contributed by atoms with van der Waals surface area (Å²) in [6.45, 7) is 1.52. The van der Waals surface area contributed by atoms with Gasteiger partial charge in [0, 0.05) is 11.4 Å². The molecule has 0 amide bonds. The third-order valence-corrected chi connectivity index (χ3v) is 8.19. The van der Waals surface area contributed by atoms with Crippen LogP contribution in [-0.4, -0.2) is 72.7 Å². The Morgan fingerprint density at radius 3 is 1.41 bits per heavy atom. The largest absolute Gasteiger partial charge is 0.460 e. The SMILES string of the molecule is CC(CO)OC(=O)COC(=O)Cc1ccccc1Nc1c(Cl)cccc1Cl.CC(O)COC(=O)COC(=O)Cc1ccccc1Nc1c(Cl)cccc1Cl. The van der Waals surface area contributed by atoms with Crippen molar-refractivity contribution in [2.75, 3.05) is 37.1 Å². The second-order valence-electron chi connectivity index (χ2n) is 11.4. The summed E-state index contributed by atoms with van der Waals surface area (Å²) in [5, 5.41) is 25.9. The Morgan fingerprint density at radius 1 is 0.593 bits per heavy atom. The first kappa shape index (κ1) is 43.8. The quantitative estimate of drug-likeness (QED) is 0.0650. The normalized spacial score (nSPS) is 11.6. The molecule has 0 saturated carbocycles. The van der Waals surface area contributed by atoms with Gasteiger partial charge in [-0.3, -0.25) is 9.59 Å². The van der Waals surface area contributed by atoms with Gasteiger partial charge >= 0.3 is 23.9 Å². The fraction of sp³-hybridized carbons (Fsp3) is 0.263. The first-order chi connectivity index (χ1) is 25.8. The van der Waals surface area contributed by atoms with Crippen molar-refractivity contribution in [2.45, 2.75) is 38.9 Å². The highest BCUT2D eigenvalue weighted by molar-refractivity contribution is 6.39. The van der Waals surface area contributed by atoms with Crippen molar-refractivity contribution in [3.63, 3.8) is 0 Å². The lowest BCUT2D eigenvalue weighted by molar-refractivity contribution is -0.162. The highest BCUT2D eigenvalue weighted by atomic mass is 35.5. The number of ether oxygens (including phenoxy) is 4.